The molecule has 1 aliphatic heterocycles. The van der Waals surface area contributed by atoms with Crippen LogP contribution in [0.3, 0.4) is 0 Å². The van der Waals surface area contributed by atoms with E-state index in [-0.39, 0.29) is 11.9 Å². The van der Waals surface area contributed by atoms with Crippen LogP contribution in [-0.2, 0) is 4.79 Å². The number of nitrogens with one attached hydrogen (secondary N) is 1. The molecule has 0 spiro atoms. The molecule has 1 amide bonds. The average molecular weight is 404 g/mol. The topological polar surface area (TPSA) is 35.6 Å². The number of benzene rings is 2. The number of rotatable bonds is 7. The fourth-order valence-electron chi connectivity index (χ4n) is 3.15. The Labute approximate surface area is 170 Å². The van der Waals surface area contributed by atoms with Crippen LogP contribution in [0.2, 0.25) is 5.02 Å². The fraction of sp³-hybridized carbons (Fsp3) is 0.381. The third kappa shape index (κ3) is 6.25. The fourth-order valence-corrected chi connectivity index (χ4v) is 4.20. The van der Waals surface area contributed by atoms with Crippen LogP contribution >= 0.6 is 23.4 Å². The molecule has 1 N–H and O–H groups in total. The van der Waals surface area contributed by atoms with Gasteiger partial charge in [0.1, 0.15) is 0 Å². The van der Waals surface area contributed by atoms with E-state index in [1.165, 1.54) is 11.8 Å². The third-order valence-corrected chi connectivity index (χ3v) is 6.28. The van der Waals surface area contributed by atoms with Gasteiger partial charge in [-0.1, -0.05) is 54.1 Å². The summed E-state index contributed by atoms with van der Waals surface area (Å²) >= 11 is 7.66. The van der Waals surface area contributed by atoms with Crippen LogP contribution in [0.15, 0.2) is 59.5 Å². The lowest BCUT2D eigenvalue weighted by atomic mass is 10.1. The number of carbonyl (C=O) groups is 1. The summed E-state index contributed by atoms with van der Waals surface area (Å²) in [7, 11) is 2.15. The molecule has 27 heavy (non-hydrogen) atoms. The van der Waals surface area contributed by atoms with Crippen LogP contribution in [0.1, 0.15) is 11.6 Å². The second-order valence-corrected chi connectivity index (χ2v) is 8.28. The molecule has 0 aromatic heterocycles. The van der Waals surface area contributed by atoms with E-state index in [2.05, 4.69) is 34.3 Å². The summed E-state index contributed by atoms with van der Waals surface area (Å²) in [5, 5.41) is 3.91. The largest absolute Gasteiger partial charge is 0.347 e. The van der Waals surface area contributed by atoms with E-state index in [9.17, 15) is 4.79 Å². The molecule has 144 valence electrons. The SMILES string of the molecule is CN1CCN(CC(NC(=O)CSc2ccccc2Cl)c2ccccc2)CC1. The molecule has 2 aromatic carbocycles. The number of amides is 1. The summed E-state index contributed by atoms with van der Waals surface area (Å²) < 4.78 is 0. The monoisotopic (exact) mass is 403 g/mol. The van der Waals surface area contributed by atoms with Crippen LogP contribution < -0.4 is 5.32 Å². The zero-order valence-electron chi connectivity index (χ0n) is 15.6. The maximum absolute atomic E-state index is 12.6. The number of hydrogen-bond donors (Lipinski definition) is 1. The quantitative estimate of drug-likeness (QED) is 0.717. The van der Waals surface area contributed by atoms with Gasteiger partial charge in [0, 0.05) is 37.6 Å². The molecule has 0 aliphatic carbocycles. The molecule has 3 rings (SSSR count). The van der Waals surface area contributed by atoms with E-state index < -0.39 is 0 Å². The van der Waals surface area contributed by atoms with E-state index in [0.717, 1.165) is 43.2 Å². The van der Waals surface area contributed by atoms with Crippen molar-refractivity contribution in [1.82, 2.24) is 15.1 Å². The Hall–Kier alpha value is -1.53. The van der Waals surface area contributed by atoms with Crippen LogP contribution in [0.25, 0.3) is 0 Å². The van der Waals surface area contributed by atoms with Gasteiger partial charge in [-0.2, -0.15) is 0 Å². The number of thioether (sulfide) groups is 1. The van der Waals surface area contributed by atoms with E-state index >= 15 is 0 Å². The molecule has 6 heteroatoms. The second-order valence-electron chi connectivity index (χ2n) is 6.85. The Balaban J connectivity index is 1.60. The second kappa shape index (κ2) is 10.1. The van der Waals surface area contributed by atoms with E-state index in [0.29, 0.717) is 10.8 Å². The van der Waals surface area contributed by atoms with Crippen LogP contribution in [0.5, 0.6) is 0 Å². The molecular weight excluding hydrogens is 378 g/mol. The van der Waals surface area contributed by atoms with Crippen molar-refractivity contribution in [1.29, 1.82) is 0 Å². The summed E-state index contributed by atoms with van der Waals surface area (Å²) in [5.74, 6) is 0.387. The highest BCUT2D eigenvalue weighted by molar-refractivity contribution is 8.00. The summed E-state index contributed by atoms with van der Waals surface area (Å²) in [6.07, 6.45) is 0. The molecule has 1 aliphatic rings. The van der Waals surface area contributed by atoms with E-state index in [1.54, 1.807) is 0 Å². The van der Waals surface area contributed by atoms with Gasteiger partial charge < -0.3 is 10.2 Å². The predicted octanol–water partition coefficient (Wildman–Crippen LogP) is 3.54. The molecule has 1 atom stereocenters. The molecule has 1 unspecified atom stereocenters. The lowest BCUT2D eigenvalue weighted by Crippen LogP contribution is -2.48. The van der Waals surface area contributed by atoms with Crippen molar-refractivity contribution in [2.45, 2.75) is 10.9 Å². The molecule has 0 saturated carbocycles. The highest BCUT2D eigenvalue weighted by atomic mass is 35.5. The van der Waals surface area contributed by atoms with Crippen LogP contribution in [-0.4, -0.2) is 61.2 Å². The van der Waals surface area contributed by atoms with Crippen molar-refractivity contribution in [3.05, 3.63) is 65.2 Å². The lowest BCUT2D eigenvalue weighted by Gasteiger charge is -2.35. The first kappa shape index (κ1) is 20.2. The normalized spacial score (nSPS) is 16.8. The summed E-state index contributed by atoms with van der Waals surface area (Å²) in [5.41, 5.74) is 1.15. The highest BCUT2D eigenvalue weighted by Crippen LogP contribution is 2.26. The standard InChI is InChI=1S/C21H26ClN3OS/c1-24-11-13-25(14-12-24)15-19(17-7-3-2-4-8-17)23-21(26)16-27-20-10-6-5-9-18(20)22/h2-10,19H,11-16H2,1H3,(H,23,26). The van der Waals surface area contributed by atoms with Gasteiger partial charge in [0.2, 0.25) is 5.91 Å². The molecule has 4 nitrogen and oxygen atoms in total. The zero-order chi connectivity index (χ0) is 19.1. The van der Waals surface area contributed by atoms with Crippen molar-refractivity contribution in [2.75, 3.05) is 45.5 Å². The van der Waals surface area contributed by atoms with Crippen molar-refractivity contribution in [3.63, 3.8) is 0 Å². The highest BCUT2D eigenvalue weighted by Gasteiger charge is 2.21. The van der Waals surface area contributed by atoms with Crippen molar-refractivity contribution in [3.8, 4) is 0 Å². The summed E-state index contributed by atoms with van der Waals surface area (Å²) in [6.45, 7) is 5.03. The number of carbonyl (C=O) groups excluding carboxylic acids is 1. The Morgan fingerprint density at radius 1 is 1.07 bits per heavy atom. The Kier molecular flexibility index (Phi) is 7.59. The number of likely N-dealkylation sites (N-methyl/N-ethyl adjacent to an activating group) is 1. The Morgan fingerprint density at radius 2 is 1.74 bits per heavy atom. The number of piperazine rings is 1. The van der Waals surface area contributed by atoms with Gasteiger partial charge >= 0.3 is 0 Å². The number of halogens is 1. The van der Waals surface area contributed by atoms with Crippen LogP contribution in [0, 0.1) is 0 Å². The summed E-state index contributed by atoms with van der Waals surface area (Å²) in [4.78, 5) is 18.3. The van der Waals surface area contributed by atoms with Gasteiger partial charge in [-0.3, -0.25) is 9.69 Å². The molecular formula is C21H26ClN3OS. The van der Waals surface area contributed by atoms with Crippen LogP contribution in [0.4, 0.5) is 0 Å². The third-order valence-electron chi connectivity index (χ3n) is 4.77. The molecule has 1 heterocycles. The maximum Gasteiger partial charge on any atom is 0.230 e. The van der Waals surface area contributed by atoms with Gasteiger partial charge in [-0.05, 0) is 24.7 Å². The molecule has 0 bridgehead atoms. The molecule has 2 aromatic rings. The maximum atomic E-state index is 12.6. The first-order valence-electron chi connectivity index (χ1n) is 9.24. The number of nitrogens with zero attached hydrogens (tertiary/aromatic N) is 2. The minimum absolute atomic E-state index is 0.00560. The summed E-state index contributed by atoms with van der Waals surface area (Å²) in [6, 6.07) is 17.8. The van der Waals surface area contributed by atoms with Gasteiger partial charge in [0.25, 0.3) is 0 Å². The zero-order valence-corrected chi connectivity index (χ0v) is 17.2. The van der Waals surface area contributed by atoms with Gasteiger partial charge in [0.05, 0.1) is 16.8 Å². The lowest BCUT2D eigenvalue weighted by molar-refractivity contribution is -0.119. The first-order valence-corrected chi connectivity index (χ1v) is 10.6. The minimum Gasteiger partial charge on any atom is -0.347 e. The smallest absolute Gasteiger partial charge is 0.230 e. The van der Waals surface area contributed by atoms with E-state index in [1.807, 2.05) is 42.5 Å². The van der Waals surface area contributed by atoms with Crippen molar-refractivity contribution in [2.24, 2.45) is 0 Å². The Bertz CT molecular complexity index is 735. The van der Waals surface area contributed by atoms with Gasteiger partial charge in [-0.25, -0.2) is 0 Å². The first-order chi connectivity index (χ1) is 13.1. The molecule has 1 saturated heterocycles. The van der Waals surface area contributed by atoms with Crippen molar-refractivity contribution >= 4 is 29.3 Å². The average Bonchev–Trinajstić information content (AvgIpc) is 2.69. The van der Waals surface area contributed by atoms with Crippen molar-refractivity contribution < 1.29 is 4.79 Å². The molecule has 1 fully saturated rings. The van der Waals surface area contributed by atoms with Gasteiger partial charge in [0.15, 0.2) is 0 Å². The van der Waals surface area contributed by atoms with E-state index in [4.69, 9.17) is 11.6 Å². The number of hydrogen-bond acceptors (Lipinski definition) is 4. The van der Waals surface area contributed by atoms with Gasteiger partial charge in [-0.15, -0.1) is 11.8 Å². The Morgan fingerprint density at radius 3 is 2.44 bits per heavy atom. The predicted molar refractivity (Wildman–Crippen MR) is 113 cm³/mol. The molecule has 0 radical (unpaired) electrons. The minimum atomic E-state index is -0.00560.